The number of hydrogen-bond acceptors (Lipinski definition) is 3. The number of hydrogen-bond donors (Lipinski definition) is 3. The molecule has 0 saturated heterocycles. The van der Waals surface area contributed by atoms with Gasteiger partial charge in [0, 0.05) is 11.6 Å². The SMILES string of the molecule is CC(C)NC(=O)C(C)NC1(CO)CCCC1. The van der Waals surface area contributed by atoms with Crippen LogP contribution in [0.15, 0.2) is 0 Å². The second-order valence-corrected chi connectivity index (χ2v) is 5.17. The van der Waals surface area contributed by atoms with Gasteiger partial charge in [0.15, 0.2) is 0 Å². The van der Waals surface area contributed by atoms with Gasteiger partial charge in [0.1, 0.15) is 0 Å². The summed E-state index contributed by atoms with van der Waals surface area (Å²) in [5, 5.41) is 15.6. The molecule has 0 radical (unpaired) electrons. The van der Waals surface area contributed by atoms with Crippen LogP contribution < -0.4 is 10.6 Å². The zero-order valence-electron chi connectivity index (χ0n) is 10.5. The van der Waals surface area contributed by atoms with Crippen LogP contribution in [-0.2, 0) is 4.79 Å². The average molecular weight is 228 g/mol. The van der Waals surface area contributed by atoms with Crippen LogP contribution in [0.2, 0.25) is 0 Å². The minimum Gasteiger partial charge on any atom is -0.394 e. The van der Waals surface area contributed by atoms with Gasteiger partial charge in [-0.25, -0.2) is 0 Å². The summed E-state index contributed by atoms with van der Waals surface area (Å²) < 4.78 is 0. The lowest BCUT2D eigenvalue weighted by molar-refractivity contribution is -0.123. The van der Waals surface area contributed by atoms with Gasteiger partial charge in [-0.1, -0.05) is 12.8 Å². The molecule has 3 N–H and O–H groups in total. The summed E-state index contributed by atoms with van der Waals surface area (Å²) in [5.74, 6) is 0.00900. The molecule has 0 aromatic carbocycles. The van der Waals surface area contributed by atoms with E-state index in [1.807, 2.05) is 20.8 Å². The van der Waals surface area contributed by atoms with Crippen LogP contribution in [0.3, 0.4) is 0 Å². The summed E-state index contributed by atoms with van der Waals surface area (Å²) in [6.07, 6.45) is 4.18. The molecular weight excluding hydrogens is 204 g/mol. The van der Waals surface area contributed by atoms with Crippen LogP contribution in [-0.4, -0.2) is 35.2 Å². The maximum Gasteiger partial charge on any atom is 0.237 e. The molecule has 0 spiro atoms. The highest BCUT2D eigenvalue weighted by molar-refractivity contribution is 5.81. The zero-order chi connectivity index (χ0) is 12.2. The third-order valence-electron chi connectivity index (χ3n) is 3.21. The summed E-state index contributed by atoms with van der Waals surface area (Å²) in [6.45, 7) is 5.86. The summed E-state index contributed by atoms with van der Waals surface area (Å²) >= 11 is 0. The van der Waals surface area contributed by atoms with Gasteiger partial charge >= 0.3 is 0 Å². The van der Waals surface area contributed by atoms with Crippen molar-refractivity contribution in [2.75, 3.05) is 6.61 Å². The molecule has 4 heteroatoms. The predicted octanol–water partition coefficient (Wildman–Crippen LogP) is 0.794. The minimum absolute atomic E-state index is 0.00900. The molecule has 1 aliphatic rings. The zero-order valence-corrected chi connectivity index (χ0v) is 10.5. The fourth-order valence-corrected chi connectivity index (χ4v) is 2.33. The lowest BCUT2D eigenvalue weighted by atomic mass is 9.97. The van der Waals surface area contributed by atoms with E-state index in [-0.39, 0.29) is 30.1 Å². The highest BCUT2D eigenvalue weighted by atomic mass is 16.3. The normalized spacial score (nSPS) is 21.1. The van der Waals surface area contributed by atoms with Crippen LogP contribution in [0.25, 0.3) is 0 Å². The van der Waals surface area contributed by atoms with Crippen molar-refractivity contribution in [3.63, 3.8) is 0 Å². The third kappa shape index (κ3) is 3.46. The Kier molecular flexibility index (Phi) is 4.74. The molecule has 1 unspecified atom stereocenters. The monoisotopic (exact) mass is 228 g/mol. The number of aliphatic hydroxyl groups excluding tert-OH is 1. The van der Waals surface area contributed by atoms with Crippen molar-refractivity contribution in [3.8, 4) is 0 Å². The van der Waals surface area contributed by atoms with Gasteiger partial charge in [-0.05, 0) is 33.6 Å². The van der Waals surface area contributed by atoms with Crippen LogP contribution >= 0.6 is 0 Å². The molecule has 1 amide bonds. The summed E-state index contributed by atoms with van der Waals surface area (Å²) in [6, 6.07) is -0.0851. The molecule has 16 heavy (non-hydrogen) atoms. The molecule has 1 saturated carbocycles. The first kappa shape index (κ1) is 13.5. The second-order valence-electron chi connectivity index (χ2n) is 5.17. The van der Waals surface area contributed by atoms with E-state index in [2.05, 4.69) is 10.6 Å². The van der Waals surface area contributed by atoms with Crippen molar-refractivity contribution >= 4 is 5.91 Å². The fraction of sp³-hybridized carbons (Fsp3) is 0.917. The molecule has 1 fully saturated rings. The van der Waals surface area contributed by atoms with E-state index >= 15 is 0 Å². The molecule has 1 rings (SSSR count). The van der Waals surface area contributed by atoms with E-state index < -0.39 is 0 Å². The molecule has 1 atom stereocenters. The number of nitrogens with one attached hydrogen (secondary N) is 2. The molecule has 4 nitrogen and oxygen atoms in total. The topological polar surface area (TPSA) is 61.4 Å². The summed E-state index contributed by atoms with van der Waals surface area (Å²) in [7, 11) is 0. The Bertz CT molecular complexity index is 235. The van der Waals surface area contributed by atoms with Gasteiger partial charge in [-0.15, -0.1) is 0 Å². The summed E-state index contributed by atoms with van der Waals surface area (Å²) in [5.41, 5.74) is -0.228. The molecule has 0 bridgehead atoms. The van der Waals surface area contributed by atoms with E-state index in [0.29, 0.717) is 0 Å². The molecule has 0 aromatic heterocycles. The number of carbonyl (C=O) groups is 1. The lowest BCUT2D eigenvalue weighted by Gasteiger charge is -2.31. The van der Waals surface area contributed by atoms with Crippen LogP contribution in [0, 0.1) is 0 Å². The minimum atomic E-state index is -0.243. The van der Waals surface area contributed by atoms with E-state index in [0.717, 1.165) is 25.7 Å². The third-order valence-corrected chi connectivity index (χ3v) is 3.21. The first-order valence-corrected chi connectivity index (χ1v) is 6.18. The Hall–Kier alpha value is -0.610. The van der Waals surface area contributed by atoms with Crippen molar-refractivity contribution in [1.82, 2.24) is 10.6 Å². The number of carbonyl (C=O) groups excluding carboxylic acids is 1. The number of amides is 1. The largest absolute Gasteiger partial charge is 0.394 e. The van der Waals surface area contributed by atoms with E-state index in [1.54, 1.807) is 0 Å². The van der Waals surface area contributed by atoms with Crippen LogP contribution in [0.4, 0.5) is 0 Å². The van der Waals surface area contributed by atoms with E-state index in [9.17, 15) is 9.90 Å². The average Bonchev–Trinajstić information content (AvgIpc) is 2.66. The lowest BCUT2D eigenvalue weighted by Crippen LogP contribution is -2.55. The van der Waals surface area contributed by atoms with Crippen molar-refractivity contribution in [2.45, 2.75) is 64.1 Å². The molecule has 0 heterocycles. The second kappa shape index (κ2) is 5.64. The van der Waals surface area contributed by atoms with Crippen molar-refractivity contribution in [1.29, 1.82) is 0 Å². The van der Waals surface area contributed by atoms with Crippen molar-refractivity contribution in [2.24, 2.45) is 0 Å². The van der Waals surface area contributed by atoms with Gasteiger partial charge in [-0.3, -0.25) is 10.1 Å². The van der Waals surface area contributed by atoms with Crippen LogP contribution in [0.5, 0.6) is 0 Å². The highest BCUT2D eigenvalue weighted by Crippen LogP contribution is 2.29. The van der Waals surface area contributed by atoms with Gasteiger partial charge in [-0.2, -0.15) is 0 Å². The maximum atomic E-state index is 11.7. The Morgan fingerprint density at radius 2 is 1.88 bits per heavy atom. The van der Waals surface area contributed by atoms with E-state index in [4.69, 9.17) is 0 Å². The quantitative estimate of drug-likeness (QED) is 0.652. The van der Waals surface area contributed by atoms with Crippen molar-refractivity contribution < 1.29 is 9.90 Å². The van der Waals surface area contributed by atoms with Gasteiger partial charge in [0.05, 0.1) is 12.6 Å². The van der Waals surface area contributed by atoms with Gasteiger partial charge in [0.25, 0.3) is 0 Å². The number of aliphatic hydroxyl groups is 1. The smallest absolute Gasteiger partial charge is 0.237 e. The van der Waals surface area contributed by atoms with Crippen LogP contribution in [0.1, 0.15) is 46.5 Å². The van der Waals surface area contributed by atoms with E-state index in [1.165, 1.54) is 0 Å². The predicted molar refractivity (Wildman–Crippen MR) is 64.2 cm³/mol. The highest BCUT2D eigenvalue weighted by Gasteiger charge is 2.35. The maximum absolute atomic E-state index is 11.7. The first-order valence-electron chi connectivity index (χ1n) is 6.18. The Morgan fingerprint density at radius 1 is 1.31 bits per heavy atom. The fourth-order valence-electron chi connectivity index (χ4n) is 2.33. The standard InChI is InChI=1S/C12H24N2O2/c1-9(2)13-11(16)10(3)14-12(8-15)6-4-5-7-12/h9-10,14-15H,4-8H2,1-3H3,(H,13,16). The van der Waals surface area contributed by atoms with Crippen molar-refractivity contribution in [3.05, 3.63) is 0 Å². The van der Waals surface area contributed by atoms with Gasteiger partial charge in [0.2, 0.25) is 5.91 Å². The molecule has 0 aromatic rings. The van der Waals surface area contributed by atoms with Gasteiger partial charge < -0.3 is 10.4 Å². The molecule has 1 aliphatic carbocycles. The summed E-state index contributed by atoms with van der Waals surface area (Å²) in [4.78, 5) is 11.7. The molecule has 94 valence electrons. The molecule has 0 aliphatic heterocycles. The first-order chi connectivity index (χ1) is 7.49. The Labute approximate surface area is 97.8 Å². The Morgan fingerprint density at radius 3 is 2.31 bits per heavy atom. The Balaban J connectivity index is 2.48. The molecular formula is C12H24N2O2. The number of rotatable bonds is 5.